The number of ketones is 1. The molecular weight excluding hydrogens is 1450 g/mol. The molecule has 0 radical (unpaired) electrons. The number of pyridine rings is 4. The normalized spacial score (nSPS) is 13.7. The van der Waals surface area contributed by atoms with E-state index in [4.69, 9.17) is 36.3 Å². The molecule has 29 nitrogen and oxygen atoms in total. The van der Waals surface area contributed by atoms with Crippen molar-refractivity contribution in [3.05, 3.63) is 245 Å². The van der Waals surface area contributed by atoms with Gasteiger partial charge in [-0.3, -0.25) is 24.5 Å². The number of ether oxygens (including phenoxy) is 3. The molecule has 0 spiro atoms. The maximum atomic E-state index is 11.9. The molecule has 1 fully saturated rings. The Morgan fingerprint density at radius 3 is 2.19 bits per heavy atom. The van der Waals surface area contributed by atoms with E-state index in [1.807, 2.05) is 147 Å². The third-order valence-electron chi connectivity index (χ3n) is 17.0. The smallest absolute Gasteiger partial charge is 0.377 e. The molecule has 110 heavy (non-hydrogen) atoms. The number of phenolic OH excluding ortho intramolecular Hbond substituents is 1. The van der Waals surface area contributed by atoms with Crippen LogP contribution in [0.25, 0.3) is 60.3 Å². The number of nitrogens with two attached hydrogens (primary N) is 1. The molecule has 6 aromatic carbocycles. The molecule has 8 aromatic heterocycles. The van der Waals surface area contributed by atoms with Crippen molar-refractivity contribution >= 4 is 136 Å². The number of aliphatic hydroxyl groups is 1. The number of nitrogens with one attached hydrogen (secondary N) is 3. The van der Waals surface area contributed by atoms with Gasteiger partial charge in [0.15, 0.2) is 34.3 Å². The van der Waals surface area contributed by atoms with Gasteiger partial charge in [-0.15, -0.1) is 5.10 Å². The molecule has 2 aliphatic heterocycles. The zero-order chi connectivity index (χ0) is 78.1. The third-order valence-corrected chi connectivity index (χ3v) is 18.3. The molecule has 0 bridgehead atoms. The average molecular weight is 1520 g/mol. The number of H-pyrrole nitrogens is 1. The highest BCUT2D eigenvalue weighted by atomic mass is 35.5. The summed E-state index contributed by atoms with van der Waals surface area (Å²) in [5, 5.41) is 67.3. The number of nitrogen functional groups attached to an aromatic ring is 1. The van der Waals surface area contributed by atoms with Crippen molar-refractivity contribution in [1.29, 1.82) is 0 Å². The minimum atomic E-state index is -1.32. The lowest BCUT2D eigenvalue weighted by Crippen LogP contribution is -2.49. The van der Waals surface area contributed by atoms with Gasteiger partial charge in [0.1, 0.15) is 51.4 Å². The van der Waals surface area contributed by atoms with Crippen LogP contribution in [-0.2, 0) is 9.53 Å². The lowest BCUT2D eigenvalue weighted by molar-refractivity contribution is -0.136. The van der Waals surface area contributed by atoms with Crippen LogP contribution in [0.2, 0.25) is 5.02 Å². The van der Waals surface area contributed by atoms with Gasteiger partial charge in [-0.25, -0.2) is 39.0 Å². The molecule has 31 heteroatoms. The molecule has 16 rings (SSSR count). The number of anilines is 4. The molecule has 1 amide bonds. The standard InChI is InChI=1S/C21H18N4O.C15H14N4O.C12H10ClN3O4.C12H8N2O2.C10H8O4.C9H14N2O2S/c1-14-6-4-9-18(24-14)25-20(17-8-2-3-12-22-17)16-11-10-15-7-5-13-23-19(15)21(16)26;1-20-11-8-6-10(7-9-11)17-15-18-13-5-3-2-4-12(13)14(16)19-15;1-6(17)10-11(12(18)19)16(15-14-10)8-5-7(13)3-4-9(8)20-2;15-12(16)10-5-8-7-3-1-2-4-9(7)14-11(8)6-13-10;1-13-10(12)9-8(11)6-4-2-3-5-7(6)14-9;1-2-6-7(12)10-9-11(8(6)13)4-3-5-14-9/h2-13,20,26H,1H3,(H,24,25);2-9H,1H3,(H3,16,17,18,19);3-5H,1-2H3,(H,18,19);1-6,14H,(H,15,16);2-5,11H,1H3;6-7,12H,2-5H2,1H3. The molecule has 1 saturated heterocycles. The number of esters is 1. The minimum absolute atomic E-state index is 0.0391. The summed E-state index contributed by atoms with van der Waals surface area (Å²) in [6, 6.07) is 54.8. The van der Waals surface area contributed by atoms with Crippen LogP contribution >= 0.6 is 23.4 Å². The fourth-order valence-corrected chi connectivity index (χ4v) is 12.7. The quantitative estimate of drug-likeness (QED) is 0.0361. The maximum absolute atomic E-state index is 11.9. The number of carboxylic acid groups (broad SMARTS) is 2. The number of phenols is 1. The molecule has 3 unspecified atom stereocenters. The number of rotatable bonds is 14. The van der Waals surface area contributed by atoms with Gasteiger partial charge in [-0.2, -0.15) is 4.98 Å². The summed E-state index contributed by atoms with van der Waals surface area (Å²) in [5.41, 5.74) is 12.7. The molecule has 10 heterocycles. The summed E-state index contributed by atoms with van der Waals surface area (Å²) in [6.07, 6.45) is 5.81. The first-order chi connectivity index (χ1) is 53.2. The average Bonchev–Trinajstić information content (AvgIpc) is 1.75. The van der Waals surface area contributed by atoms with Crippen molar-refractivity contribution in [2.75, 3.05) is 50.0 Å². The third kappa shape index (κ3) is 18.1. The van der Waals surface area contributed by atoms with Gasteiger partial charge in [0, 0.05) is 80.6 Å². The van der Waals surface area contributed by atoms with Crippen molar-refractivity contribution in [3.8, 4) is 28.7 Å². The molecule has 10 N–H and O–H groups in total. The highest BCUT2D eigenvalue weighted by Gasteiger charge is 2.38. The second-order valence-electron chi connectivity index (χ2n) is 24.1. The molecule has 560 valence electrons. The van der Waals surface area contributed by atoms with Crippen LogP contribution in [0.15, 0.2) is 210 Å². The van der Waals surface area contributed by atoms with Gasteiger partial charge in [0.25, 0.3) is 5.76 Å². The number of thioether (sulfide) groups is 1. The van der Waals surface area contributed by atoms with Crippen molar-refractivity contribution < 1.29 is 68.1 Å². The fourth-order valence-electron chi connectivity index (χ4n) is 11.6. The van der Waals surface area contributed by atoms with E-state index in [0.717, 1.165) is 90.1 Å². The molecule has 14 aromatic rings. The van der Waals surface area contributed by atoms with E-state index in [1.54, 1.807) is 84.8 Å². The minimum Gasteiger partial charge on any atom is -0.505 e. The highest BCUT2D eigenvalue weighted by Crippen LogP contribution is 2.37. The van der Waals surface area contributed by atoms with E-state index >= 15 is 0 Å². The number of carbonyl (C=O) groups is 5. The van der Waals surface area contributed by atoms with Crippen molar-refractivity contribution in [3.63, 3.8) is 0 Å². The first kappa shape index (κ1) is 77.5. The number of aromatic hydroxyl groups is 2. The van der Waals surface area contributed by atoms with Crippen LogP contribution in [0.4, 0.5) is 23.3 Å². The van der Waals surface area contributed by atoms with Crippen LogP contribution in [0, 0.1) is 12.8 Å². The highest BCUT2D eigenvalue weighted by molar-refractivity contribution is 8.13. The molecule has 0 aliphatic carbocycles. The number of nitrogens with zero attached hydrogens (tertiary/aromatic N) is 11. The Kier molecular flexibility index (Phi) is 25.1. The molecule has 0 saturated carbocycles. The summed E-state index contributed by atoms with van der Waals surface area (Å²) >= 11 is 7.46. The van der Waals surface area contributed by atoms with Gasteiger partial charge in [-0.05, 0) is 129 Å². The number of benzene rings is 6. The number of para-hydroxylation sites is 3. The Balaban J connectivity index is 0.000000133. The number of hydrogen-bond acceptors (Lipinski definition) is 25. The van der Waals surface area contributed by atoms with Crippen molar-refractivity contribution in [2.45, 2.75) is 45.9 Å². The number of furan rings is 1. The number of halogens is 1. The number of fused-ring (bicyclic) bond motifs is 7. The van der Waals surface area contributed by atoms with Crippen LogP contribution in [0.3, 0.4) is 0 Å². The number of aliphatic hydroxyl groups excluding tert-OH is 1. The first-order valence-corrected chi connectivity index (χ1v) is 35.3. The number of amidine groups is 1. The van der Waals surface area contributed by atoms with E-state index in [-0.39, 0.29) is 57.9 Å². The summed E-state index contributed by atoms with van der Waals surface area (Å²) in [7, 11) is 4.29. The Morgan fingerprint density at radius 2 is 1.49 bits per heavy atom. The second kappa shape index (κ2) is 35.7. The number of aromatic nitrogens is 10. The van der Waals surface area contributed by atoms with E-state index in [0.29, 0.717) is 56.2 Å². The second-order valence-corrected chi connectivity index (χ2v) is 25.6. The number of methoxy groups -OCH3 is 3. The Bertz CT molecular complexity index is 5710. The first-order valence-electron chi connectivity index (χ1n) is 33.9. The Labute approximate surface area is 636 Å². The van der Waals surface area contributed by atoms with Gasteiger partial charge < -0.3 is 65.5 Å². The maximum Gasteiger partial charge on any atom is 0.377 e. The lowest BCUT2D eigenvalue weighted by Gasteiger charge is -2.36. The molecule has 3 atom stereocenters. The summed E-state index contributed by atoms with van der Waals surface area (Å²) in [5.74, 6) is -0.158. The van der Waals surface area contributed by atoms with E-state index in [1.165, 1.54) is 27.2 Å². The van der Waals surface area contributed by atoms with Crippen LogP contribution in [0.5, 0.6) is 23.0 Å². The number of aryl methyl sites for hydroxylation is 1. The van der Waals surface area contributed by atoms with Crippen LogP contribution in [-0.4, -0.2) is 155 Å². The zero-order valence-electron chi connectivity index (χ0n) is 59.8. The molecule has 2 aliphatic rings. The predicted molar refractivity (Wildman–Crippen MR) is 418 cm³/mol. The van der Waals surface area contributed by atoms with Crippen LogP contribution in [0.1, 0.15) is 91.7 Å². The molecular formula is C79H72ClN15O14S. The van der Waals surface area contributed by atoms with E-state index in [2.05, 4.69) is 65.6 Å². The number of Topliss-reactive ketones (excluding diaryl/α,β-unsaturated/α-hetero) is 1. The summed E-state index contributed by atoms with van der Waals surface area (Å²) in [4.78, 5) is 91.5. The number of hydrogen-bond donors (Lipinski definition) is 9. The zero-order valence-corrected chi connectivity index (χ0v) is 61.4. The summed E-state index contributed by atoms with van der Waals surface area (Å²) in [6.45, 7) is 5.83. The van der Waals surface area contributed by atoms with Gasteiger partial charge in [0.2, 0.25) is 11.9 Å². The fraction of sp³-hybridized carbons (Fsp3) is 0.165. The van der Waals surface area contributed by atoms with Crippen LogP contribution < -0.4 is 25.8 Å². The number of carbonyl (C=O) groups excluding carboxylic acids is 3. The lowest BCUT2D eigenvalue weighted by atomic mass is 9.99. The predicted octanol–water partition coefficient (Wildman–Crippen LogP) is 14.0. The number of aromatic carboxylic acids is 2. The number of aromatic amines is 1. The SMILES string of the molecule is CCC1C(=O)N2CCCSC2=NC1O.COC(=O)c1oc2ccccc2c1O.COc1ccc(Cl)cc1-n1nnc(C(C)=O)c1C(=O)O.COc1ccc(Nc2nc(N)c3ccccc3n2)cc1.Cc1cccc(NC(c2ccccn2)c2ccc3cccnc3c2O)n1.O=C(O)c1cc2c(cn1)[nH]c1ccccc12. The van der Waals surface area contributed by atoms with Crippen molar-refractivity contribution in [2.24, 2.45) is 10.9 Å². The van der Waals surface area contributed by atoms with Gasteiger partial charge in [0.05, 0.1) is 61.6 Å². The monoisotopic (exact) mass is 1520 g/mol. The topological polar surface area (TPSA) is 417 Å². The Hall–Kier alpha value is -13.6. The number of carboxylic acids is 2. The van der Waals surface area contributed by atoms with Gasteiger partial charge >= 0.3 is 17.9 Å². The summed E-state index contributed by atoms with van der Waals surface area (Å²) < 4.78 is 20.8. The number of amides is 1. The van der Waals surface area contributed by atoms with E-state index in [9.17, 15) is 44.4 Å². The number of aliphatic imine (C=N–C) groups is 1. The largest absolute Gasteiger partial charge is 0.505 e. The Morgan fingerprint density at radius 1 is 0.755 bits per heavy atom. The van der Waals surface area contributed by atoms with E-state index < -0.39 is 29.9 Å². The van der Waals surface area contributed by atoms with Crippen molar-refractivity contribution in [1.82, 2.24) is 54.8 Å². The van der Waals surface area contributed by atoms with Gasteiger partial charge in [-0.1, -0.05) is 108 Å².